The number of pyridine rings is 1. The summed E-state index contributed by atoms with van der Waals surface area (Å²) in [6.45, 7) is 7.61. The molecule has 1 aliphatic rings. The first-order valence-electron chi connectivity index (χ1n) is 15.8. The van der Waals surface area contributed by atoms with Crippen molar-refractivity contribution in [2.24, 2.45) is 5.92 Å². The summed E-state index contributed by atoms with van der Waals surface area (Å²) in [5.74, 6) is 0.131. The average molecular weight is 634 g/mol. The average Bonchev–Trinajstić information content (AvgIpc) is 3.82. The van der Waals surface area contributed by atoms with Gasteiger partial charge >= 0.3 is 0 Å². The van der Waals surface area contributed by atoms with Crippen molar-refractivity contribution in [3.63, 3.8) is 0 Å². The van der Waals surface area contributed by atoms with Gasteiger partial charge in [-0.25, -0.2) is 4.39 Å². The van der Waals surface area contributed by atoms with Gasteiger partial charge in [-0.05, 0) is 99.6 Å². The summed E-state index contributed by atoms with van der Waals surface area (Å²) in [5.41, 5.74) is 8.61. The van der Waals surface area contributed by atoms with E-state index >= 15 is 0 Å². The van der Waals surface area contributed by atoms with Crippen LogP contribution in [0.5, 0.6) is 0 Å². The lowest BCUT2D eigenvalue weighted by Gasteiger charge is -2.15. The molecular formula is C37H40FN7S. The Kier molecular flexibility index (Phi) is 9.42. The Balaban J connectivity index is 1.32. The van der Waals surface area contributed by atoms with Crippen LogP contribution in [-0.2, 0) is 0 Å². The summed E-state index contributed by atoms with van der Waals surface area (Å²) in [4.78, 5) is 11.2. The Labute approximate surface area is 274 Å². The molecule has 5 aromatic rings. The summed E-state index contributed by atoms with van der Waals surface area (Å²) in [7, 11) is 4.02. The molecule has 1 saturated carbocycles. The highest BCUT2D eigenvalue weighted by Gasteiger charge is 2.20. The van der Waals surface area contributed by atoms with Crippen molar-refractivity contribution in [2.75, 3.05) is 32.5 Å². The monoisotopic (exact) mass is 633 g/mol. The standard InChI is InChI=1S/C37H40FN7S/c1-5-23(18-28(6-2)41-37(46)24-9-7-8-10-24)25-11-12-33-30(20-25)36(44-43-33)34-22-31-32(42-34)13-14-40-35(31)26-17-27(38)21-29(19-26)39-15-16-45(3)4/h5-6,11-14,17-22,24,39,42H,2,7-10,15-16H2,1,3-4H3,(H,41,46)(H,43,44)/b23-5+,28-18+. The van der Waals surface area contributed by atoms with E-state index < -0.39 is 0 Å². The number of benzene rings is 2. The molecule has 9 heteroatoms. The third-order valence-electron chi connectivity index (χ3n) is 8.59. The molecule has 0 radical (unpaired) electrons. The summed E-state index contributed by atoms with van der Waals surface area (Å²) in [6, 6.07) is 15.3. The molecule has 0 amide bonds. The molecule has 0 unspecified atom stereocenters. The van der Waals surface area contributed by atoms with E-state index in [2.05, 4.69) is 67.5 Å². The number of halogens is 1. The minimum absolute atomic E-state index is 0.311. The Bertz CT molecular complexity index is 1960. The number of thiocarbonyl (C=S) groups is 1. The van der Waals surface area contributed by atoms with Gasteiger partial charge in [0.15, 0.2) is 0 Å². The molecule has 0 saturated heterocycles. The molecule has 3 aromatic heterocycles. The predicted molar refractivity (Wildman–Crippen MR) is 193 cm³/mol. The van der Waals surface area contributed by atoms with E-state index in [9.17, 15) is 4.39 Å². The fourth-order valence-electron chi connectivity index (χ4n) is 6.14. The van der Waals surface area contributed by atoms with E-state index in [1.54, 1.807) is 6.20 Å². The van der Waals surface area contributed by atoms with Crippen LogP contribution in [0.3, 0.4) is 0 Å². The van der Waals surface area contributed by atoms with E-state index in [1.165, 1.54) is 25.0 Å². The van der Waals surface area contributed by atoms with Gasteiger partial charge in [0.1, 0.15) is 11.5 Å². The van der Waals surface area contributed by atoms with Crippen LogP contribution in [0.1, 0.15) is 38.2 Å². The Morgan fingerprint density at radius 3 is 2.63 bits per heavy atom. The van der Waals surface area contributed by atoms with Crippen molar-refractivity contribution < 1.29 is 4.39 Å². The molecule has 2 aromatic carbocycles. The topological polar surface area (TPSA) is 84.7 Å². The van der Waals surface area contributed by atoms with E-state index in [0.29, 0.717) is 23.7 Å². The van der Waals surface area contributed by atoms with Crippen molar-refractivity contribution in [3.8, 4) is 22.6 Å². The number of nitrogens with one attached hydrogen (secondary N) is 4. The van der Waals surface area contributed by atoms with E-state index in [4.69, 9.17) is 17.3 Å². The largest absolute Gasteiger partial charge is 0.384 e. The predicted octanol–water partition coefficient (Wildman–Crippen LogP) is 8.47. The number of rotatable bonds is 11. The molecule has 0 bridgehead atoms. The van der Waals surface area contributed by atoms with E-state index in [0.717, 1.165) is 80.1 Å². The molecule has 236 valence electrons. The van der Waals surface area contributed by atoms with Crippen LogP contribution in [-0.4, -0.2) is 57.2 Å². The number of aromatic nitrogens is 4. The Morgan fingerprint density at radius 2 is 1.87 bits per heavy atom. The number of nitrogens with zero attached hydrogens (tertiary/aromatic N) is 3. The molecule has 46 heavy (non-hydrogen) atoms. The SMILES string of the molecule is C=C/C(=C\C(=C/C)c1ccc2[nH]nc(-c3cc4c(-c5cc(F)cc(NCCN(C)C)c5)nccc4[nH]3)c2c1)NC(=S)C1CCCC1. The van der Waals surface area contributed by atoms with Crippen molar-refractivity contribution in [3.05, 3.63) is 96.6 Å². The van der Waals surface area contributed by atoms with E-state index in [-0.39, 0.29) is 5.82 Å². The van der Waals surface area contributed by atoms with Crippen LogP contribution in [0.2, 0.25) is 0 Å². The quantitative estimate of drug-likeness (QED) is 0.0863. The molecule has 6 rings (SSSR count). The van der Waals surface area contributed by atoms with Gasteiger partial charge in [-0.15, -0.1) is 0 Å². The number of fused-ring (bicyclic) bond motifs is 2. The number of hydrogen-bond acceptors (Lipinski definition) is 5. The molecule has 0 spiro atoms. The first-order chi connectivity index (χ1) is 22.3. The van der Waals surface area contributed by atoms with Gasteiger partial charge in [-0.2, -0.15) is 5.10 Å². The Hall–Kier alpha value is -4.60. The number of aromatic amines is 2. The molecule has 4 N–H and O–H groups in total. The van der Waals surface area contributed by atoms with Gasteiger partial charge in [-0.1, -0.05) is 43.8 Å². The van der Waals surface area contributed by atoms with Gasteiger partial charge in [0, 0.05) is 58.4 Å². The minimum Gasteiger partial charge on any atom is -0.384 e. The zero-order chi connectivity index (χ0) is 32.2. The highest BCUT2D eigenvalue weighted by atomic mass is 32.1. The van der Waals surface area contributed by atoms with Crippen molar-refractivity contribution in [1.29, 1.82) is 0 Å². The van der Waals surface area contributed by atoms with Gasteiger partial charge in [0.25, 0.3) is 0 Å². The van der Waals surface area contributed by atoms with Crippen LogP contribution in [0, 0.1) is 11.7 Å². The number of H-pyrrole nitrogens is 2. The molecule has 0 atom stereocenters. The number of hydrogen-bond donors (Lipinski definition) is 4. The minimum atomic E-state index is -0.311. The third-order valence-corrected chi connectivity index (χ3v) is 9.03. The third kappa shape index (κ3) is 6.80. The maximum atomic E-state index is 14.7. The van der Waals surface area contributed by atoms with Crippen molar-refractivity contribution >= 4 is 50.3 Å². The second-order valence-electron chi connectivity index (χ2n) is 12.1. The Morgan fingerprint density at radius 1 is 1.07 bits per heavy atom. The van der Waals surface area contributed by atoms with Gasteiger partial charge in [-0.3, -0.25) is 10.1 Å². The fourth-order valence-corrected chi connectivity index (χ4v) is 6.50. The number of likely N-dealkylation sites (N-methyl/N-ethyl adjacent to an activating group) is 1. The summed E-state index contributed by atoms with van der Waals surface area (Å²) >= 11 is 5.73. The zero-order valence-corrected chi connectivity index (χ0v) is 27.4. The van der Waals surface area contributed by atoms with Gasteiger partial charge in [0.05, 0.1) is 21.9 Å². The normalized spacial score (nSPS) is 14.5. The summed E-state index contributed by atoms with van der Waals surface area (Å²) in [6.07, 6.45) is 12.5. The molecule has 1 aliphatic carbocycles. The summed E-state index contributed by atoms with van der Waals surface area (Å²) < 4.78 is 14.7. The van der Waals surface area contributed by atoms with Crippen LogP contribution in [0.15, 0.2) is 85.2 Å². The lowest BCUT2D eigenvalue weighted by atomic mass is 10.0. The number of allylic oxidation sites excluding steroid dienone is 4. The lowest BCUT2D eigenvalue weighted by Crippen LogP contribution is -2.26. The highest BCUT2D eigenvalue weighted by molar-refractivity contribution is 7.80. The van der Waals surface area contributed by atoms with Crippen LogP contribution in [0.25, 0.3) is 50.0 Å². The first kappa shape index (κ1) is 31.4. The van der Waals surface area contributed by atoms with Crippen LogP contribution in [0.4, 0.5) is 10.1 Å². The smallest absolute Gasteiger partial charge is 0.125 e. The second kappa shape index (κ2) is 13.8. The fraction of sp³-hybridized carbons (Fsp3) is 0.270. The molecule has 1 fully saturated rings. The molecule has 0 aliphatic heterocycles. The zero-order valence-electron chi connectivity index (χ0n) is 26.6. The van der Waals surface area contributed by atoms with Crippen LogP contribution < -0.4 is 10.6 Å². The maximum Gasteiger partial charge on any atom is 0.125 e. The molecule has 7 nitrogen and oxygen atoms in total. The molecular weight excluding hydrogens is 594 g/mol. The van der Waals surface area contributed by atoms with Crippen LogP contribution >= 0.6 is 12.2 Å². The maximum absolute atomic E-state index is 14.7. The van der Waals surface area contributed by atoms with E-state index in [1.807, 2.05) is 45.3 Å². The highest BCUT2D eigenvalue weighted by Crippen LogP contribution is 2.35. The number of anilines is 1. The van der Waals surface area contributed by atoms with Crippen molar-refractivity contribution in [1.82, 2.24) is 30.4 Å². The van der Waals surface area contributed by atoms with Gasteiger partial charge in [0.2, 0.25) is 0 Å². The summed E-state index contributed by atoms with van der Waals surface area (Å²) in [5, 5.41) is 16.5. The second-order valence-corrected chi connectivity index (χ2v) is 12.6. The lowest BCUT2D eigenvalue weighted by molar-refractivity contribution is 0.425. The molecule has 3 heterocycles. The van der Waals surface area contributed by atoms with Gasteiger partial charge < -0.3 is 20.5 Å². The first-order valence-corrected chi connectivity index (χ1v) is 16.2. The van der Waals surface area contributed by atoms with Crippen molar-refractivity contribution in [2.45, 2.75) is 32.6 Å².